The molecule has 0 bridgehead atoms. The summed E-state index contributed by atoms with van der Waals surface area (Å²) in [4.78, 5) is 23.0. The second-order valence-corrected chi connectivity index (χ2v) is 6.06. The van der Waals surface area contributed by atoms with Crippen LogP contribution in [0.4, 0.5) is 10.2 Å². The number of fused-ring (bicyclic) bond motifs is 1. The maximum atomic E-state index is 13.8. The van der Waals surface area contributed by atoms with Crippen molar-refractivity contribution in [2.45, 2.75) is 18.7 Å². The van der Waals surface area contributed by atoms with Crippen LogP contribution in [-0.4, -0.2) is 52.9 Å². The monoisotopic (exact) mass is 328 g/mol. The minimum atomic E-state index is -1.31. The van der Waals surface area contributed by atoms with Crippen LogP contribution in [0.2, 0.25) is 0 Å². The maximum Gasteiger partial charge on any atom is 0.270 e. The quantitative estimate of drug-likeness (QED) is 0.858. The first kappa shape index (κ1) is 15.0. The molecule has 1 fully saturated rings. The zero-order valence-corrected chi connectivity index (χ0v) is 12.9. The fourth-order valence-electron chi connectivity index (χ4n) is 3.17. The lowest BCUT2D eigenvalue weighted by Gasteiger charge is -2.25. The van der Waals surface area contributed by atoms with E-state index in [0.29, 0.717) is 30.3 Å². The fraction of sp³-hybridized carbons (Fsp3) is 0.353. The molecule has 0 spiro atoms. The summed E-state index contributed by atoms with van der Waals surface area (Å²) < 4.78 is 13.8. The van der Waals surface area contributed by atoms with Crippen LogP contribution in [0.1, 0.15) is 16.1 Å². The Morgan fingerprint density at radius 3 is 2.71 bits per heavy atom. The molecule has 0 saturated carbocycles. The maximum absolute atomic E-state index is 13.8. The summed E-state index contributed by atoms with van der Waals surface area (Å²) in [6.07, 6.45) is -1.75. The number of amides is 1. The first-order valence-electron chi connectivity index (χ1n) is 7.95. The van der Waals surface area contributed by atoms with E-state index in [9.17, 15) is 14.3 Å². The predicted molar refractivity (Wildman–Crippen MR) is 86.6 cm³/mol. The molecule has 1 aromatic heterocycles. The average molecular weight is 328 g/mol. The third-order valence-electron chi connectivity index (χ3n) is 4.41. The standard InChI is InChI=1S/C17H17FN4O2/c18-12-8-22(9-13(12)23)16-11-6-7-19-17(24)14(11)20-15(21-16)10-4-2-1-3-5-10/h1-5,12-13,23H,6-9H2,(H,19,24)/t12-,13-/m1/s1. The van der Waals surface area contributed by atoms with E-state index in [0.717, 1.165) is 11.1 Å². The number of carbonyl (C=O) groups excluding carboxylic acids is 1. The fourth-order valence-corrected chi connectivity index (χ4v) is 3.17. The number of halogens is 1. The van der Waals surface area contributed by atoms with Crippen molar-refractivity contribution in [3.05, 3.63) is 41.6 Å². The van der Waals surface area contributed by atoms with Gasteiger partial charge in [-0.2, -0.15) is 0 Å². The van der Waals surface area contributed by atoms with Crippen molar-refractivity contribution < 1.29 is 14.3 Å². The molecular weight excluding hydrogens is 311 g/mol. The Hall–Kier alpha value is -2.54. The molecule has 3 heterocycles. The van der Waals surface area contributed by atoms with E-state index >= 15 is 0 Å². The van der Waals surface area contributed by atoms with Crippen LogP contribution in [0.3, 0.4) is 0 Å². The van der Waals surface area contributed by atoms with Crippen molar-refractivity contribution >= 4 is 11.7 Å². The van der Waals surface area contributed by atoms with E-state index in [1.807, 2.05) is 30.3 Å². The second kappa shape index (κ2) is 5.83. The summed E-state index contributed by atoms with van der Waals surface area (Å²) in [5, 5.41) is 12.5. The Bertz CT molecular complexity index is 774. The second-order valence-electron chi connectivity index (χ2n) is 6.06. The van der Waals surface area contributed by atoms with E-state index in [1.54, 1.807) is 4.90 Å². The summed E-state index contributed by atoms with van der Waals surface area (Å²) in [6.45, 7) is 0.739. The highest BCUT2D eigenvalue weighted by Crippen LogP contribution is 2.30. The highest BCUT2D eigenvalue weighted by atomic mass is 19.1. The first-order chi connectivity index (χ1) is 11.6. The average Bonchev–Trinajstić information content (AvgIpc) is 2.94. The zero-order valence-electron chi connectivity index (χ0n) is 12.9. The van der Waals surface area contributed by atoms with Crippen LogP contribution in [0.25, 0.3) is 11.4 Å². The third-order valence-corrected chi connectivity index (χ3v) is 4.41. The Labute approximate surface area is 138 Å². The molecule has 24 heavy (non-hydrogen) atoms. The van der Waals surface area contributed by atoms with Crippen molar-refractivity contribution in [2.75, 3.05) is 24.5 Å². The zero-order chi connectivity index (χ0) is 16.7. The van der Waals surface area contributed by atoms with Gasteiger partial charge in [-0.3, -0.25) is 4.79 Å². The number of β-amino-alcohol motifs (C(OH)–C–C–N with tert-alkyl or cyclic N) is 1. The van der Waals surface area contributed by atoms with Crippen LogP contribution in [0.5, 0.6) is 0 Å². The topological polar surface area (TPSA) is 78.4 Å². The van der Waals surface area contributed by atoms with Crippen molar-refractivity contribution in [2.24, 2.45) is 0 Å². The summed E-state index contributed by atoms with van der Waals surface area (Å²) >= 11 is 0. The lowest BCUT2D eigenvalue weighted by Crippen LogP contribution is -2.35. The number of carbonyl (C=O) groups is 1. The van der Waals surface area contributed by atoms with Gasteiger partial charge in [-0.25, -0.2) is 14.4 Å². The van der Waals surface area contributed by atoms with Crippen LogP contribution in [0, 0.1) is 0 Å². The van der Waals surface area contributed by atoms with Crippen molar-refractivity contribution in [1.29, 1.82) is 0 Å². The lowest BCUT2D eigenvalue weighted by molar-refractivity contribution is 0.0940. The van der Waals surface area contributed by atoms with E-state index in [1.165, 1.54) is 0 Å². The summed E-state index contributed by atoms with van der Waals surface area (Å²) in [5.74, 6) is 0.736. The molecule has 0 aliphatic carbocycles. The normalized spacial score (nSPS) is 23.1. The molecule has 124 valence electrons. The molecule has 2 N–H and O–H groups in total. The number of aromatic nitrogens is 2. The minimum Gasteiger partial charge on any atom is -0.388 e. The number of alkyl halides is 1. The van der Waals surface area contributed by atoms with Gasteiger partial charge in [-0.1, -0.05) is 30.3 Å². The minimum absolute atomic E-state index is 0.0699. The summed E-state index contributed by atoms with van der Waals surface area (Å²) in [7, 11) is 0. The molecule has 6 nitrogen and oxygen atoms in total. The van der Waals surface area contributed by atoms with Gasteiger partial charge in [-0.15, -0.1) is 0 Å². The van der Waals surface area contributed by atoms with Gasteiger partial charge in [-0.05, 0) is 6.42 Å². The predicted octanol–water partition coefficient (Wildman–Crippen LogP) is 0.948. The van der Waals surface area contributed by atoms with E-state index in [4.69, 9.17) is 0 Å². The number of aliphatic hydroxyl groups excluding tert-OH is 1. The Morgan fingerprint density at radius 2 is 2.00 bits per heavy atom. The lowest BCUT2D eigenvalue weighted by atomic mass is 10.1. The largest absolute Gasteiger partial charge is 0.388 e. The highest BCUT2D eigenvalue weighted by molar-refractivity contribution is 5.96. The Kier molecular flexibility index (Phi) is 3.65. The first-order valence-corrected chi connectivity index (χ1v) is 7.95. The van der Waals surface area contributed by atoms with Gasteiger partial charge < -0.3 is 15.3 Å². The highest BCUT2D eigenvalue weighted by Gasteiger charge is 2.35. The number of aliphatic hydroxyl groups is 1. The van der Waals surface area contributed by atoms with Gasteiger partial charge >= 0.3 is 0 Å². The molecule has 1 aromatic carbocycles. The number of benzene rings is 1. The Morgan fingerprint density at radius 1 is 1.21 bits per heavy atom. The molecule has 2 atom stereocenters. The molecule has 2 aromatic rings. The van der Waals surface area contributed by atoms with Gasteiger partial charge in [0.05, 0.1) is 6.54 Å². The molecular formula is C17H17FN4O2. The molecule has 4 rings (SSSR count). The smallest absolute Gasteiger partial charge is 0.270 e. The molecule has 1 amide bonds. The molecule has 1 saturated heterocycles. The van der Waals surface area contributed by atoms with Crippen LogP contribution in [-0.2, 0) is 6.42 Å². The molecule has 7 heteroatoms. The molecule has 2 aliphatic rings. The van der Waals surface area contributed by atoms with Crippen molar-refractivity contribution in [3.63, 3.8) is 0 Å². The van der Waals surface area contributed by atoms with E-state index in [-0.39, 0.29) is 19.0 Å². The Balaban J connectivity index is 1.85. The molecule has 0 unspecified atom stereocenters. The van der Waals surface area contributed by atoms with Crippen molar-refractivity contribution in [3.8, 4) is 11.4 Å². The van der Waals surface area contributed by atoms with Gasteiger partial charge in [0, 0.05) is 24.2 Å². The number of anilines is 1. The number of hydrogen-bond acceptors (Lipinski definition) is 5. The number of rotatable bonds is 2. The van der Waals surface area contributed by atoms with E-state index in [2.05, 4.69) is 15.3 Å². The summed E-state index contributed by atoms with van der Waals surface area (Å²) in [5.41, 5.74) is 1.85. The third kappa shape index (κ3) is 2.50. The van der Waals surface area contributed by atoms with Gasteiger partial charge in [0.2, 0.25) is 0 Å². The van der Waals surface area contributed by atoms with Crippen LogP contribution in [0.15, 0.2) is 30.3 Å². The van der Waals surface area contributed by atoms with Crippen LogP contribution < -0.4 is 10.2 Å². The van der Waals surface area contributed by atoms with Gasteiger partial charge in [0.25, 0.3) is 5.91 Å². The summed E-state index contributed by atoms with van der Waals surface area (Å²) in [6, 6.07) is 9.36. The molecule has 2 aliphatic heterocycles. The molecule has 0 radical (unpaired) electrons. The van der Waals surface area contributed by atoms with Crippen molar-refractivity contribution in [1.82, 2.24) is 15.3 Å². The van der Waals surface area contributed by atoms with Gasteiger partial charge in [0.15, 0.2) is 5.82 Å². The number of hydrogen-bond donors (Lipinski definition) is 2. The SMILES string of the molecule is O=C1NCCc2c1nc(-c1ccccc1)nc2N1C[C@@H](O)[C@H](F)C1. The van der Waals surface area contributed by atoms with E-state index < -0.39 is 12.3 Å². The number of nitrogens with zero attached hydrogens (tertiary/aromatic N) is 3. The van der Waals surface area contributed by atoms with Crippen LogP contribution >= 0.6 is 0 Å². The van der Waals surface area contributed by atoms with Gasteiger partial charge in [0.1, 0.15) is 23.8 Å². The number of nitrogens with one attached hydrogen (secondary N) is 1.